The quantitative estimate of drug-likeness (QED) is 0.811. The summed E-state index contributed by atoms with van der Waals surface area (Å²) < 4.78 is 12.9. The summed E-state index contributed by atoms with van der Waals surface area (Å²) in [5.41, 5.74) is 1.18. The van der Waals surface area contributed by atoms with E-state index in [4.69, 9.17) is 9.47 Å². The van der Waals surface area contributed by atoms with E-state index < -0.39 is 0 Å². The van der Waals surface area contributed by atoms with Crippen molar-refractivity contribution in [2.24, 2.45) is 0 Å². The zero-order chi connectivity index (χ0) is 13.1. The monoisotopic (exact) mass is 248 g/mol. The Bertz CT molecular complexity index is 532. The molecule has 0 N–H and O–H groups in total. The molecular weight excluding hydrogens is 228 g/mol. The van der Waals surface area contributed by atoms with Gasteiger partial charge in [-0.25, -0.2) is 0 Å². The molecular formula is C14H20N2O2. The van der Waals surface area contributed by atoms with E-state index in [9.17, 15) is 0 Å². The van der Waals surface area contributed by atoms with Crippen LogP contribution in [0.3, 0.4) is 0 Å². The van der Waals surface area contributed by atoms with Crippen molar-refractivity contribution in [3.8, 4) is 11.5 Å². The van der Waals surface area contributed by atoms with Crippen LogP contribution < -0.4 is 9.47 Å². The third-order valence-corrected chi connectivity index (χ3v) is 3.06. The Labute approximate surface area is 108 Å². The van der Waals surface area contributed by atoms with Gasteiger partial charge in [0.25, 0.3) is 0 Å². The molecule has 4 heteroatoms. The van der Waals surface area contributed by atoms with Gasteiger partial charge in [0.1, 0.15) is 0 Å². The number of likely N-dealkylation sites (N-methyl/N-ethyl adjacent to an activating group) is 1. The minimum absolute atomic E-state index is 0.773. The Kier molecular flexibility index (Phi) is 3.77. The fourth-order valence-corrected chi connectivity index (χ4v) is 2.02. The smallest absolute Gasteiger partial charge is 0.162 e. The first-order valence-corrected chi connectivity index (χ1v) is 6.01. The minimum atomic E-state index is 0.773. The van der Waals surface area contributed by atoms with Gasteiger partial charge in [0.15, 0.2) is 11.5 Å². The first-order valence-electron chi connectivity index (χ1n) is 6.01. The van der Waals surface area contributed by atoms with E-state index in [0.29, 0.717) is 0 Å². The molecule has 4 nitrogen and oxygen atoms in total. The molecule has 0 amide bonds. The Morgan fingerprint density at radius 2 is 1.78 bits per heavy atom. The van der Waals surface area contributed by atoms with Crippen LogP contribution in [-0.2, 0) is 6.54 Å². The highest BCUT2D eigenvalue weighted by Crippen LogP contribution is 2.32. The maximum absolute atomic E-state index is 5.35. The van der Waals surface area contributed by atoms with Gasteiger partial charge in [0.2, 0.25) is 0 Å². The molecule has 0 saturated carbocycles. The molecule has 0 spiro atoms. The molecule has 18 heavy (non-hydrogen) atoms. The highest BCUT2D eigenvalue weighted by atomic mass is 16.5. The molecule has 0 bridgehead atoms. The maximum Gasteiger partial charge on any atom is 0.162 e. The predicted molar refractivity (Wildman–Crippen MR) is 73.6 cm³/mol. The molecule has 0 radical (unpaired) electrons. The van der Waals surface area contributed by atoms with Gasteiger partial charge in [0.05, 0.1) is 19.7 Å². The van der Waals surface area contributed by atoms with Crippen molar-refractivity contribution in [2.75, 3.05) is 34.9 Å². The van der Waals surface area contributed by atoms with Crippen molar-refractivity contribution in [1.82, 2.24) is 9.47 Å². The largest absolute Gasteiger partial charge is 0.493 e. The molecule has 98 valence electrons. The summed E-state index contributed by atoms with van der Waals surface area (Å²) in [5, 5.41) is 1.17. The standard InChI is InChI=1S/C14H20N2O2/c1-15(2)7-8-16-6-5-11-9-13(17-3)14(18-4)10-12(11)16/h5-6,9-10H,7-8H2,1-4H3. The first kappa shape index (κ1) is 12.8. The lowest BCUT2D eigenvalue weighted by molar-refractivity contribution is 0.355. The lowest BCUT2D eigenvalue weighted by Crippen LogP contribution is -2.17. The van der Waals surface area contributed by atoms with Crippen LogP contribution in [0, 0.1) is 0 Å². The number of hydrogen-bond donors (Lipinski definition) is 0. The third kappa shape index (κ3) is 2.43. The highest BCUT2D eigenvalue weighted by molar-refractivity contribution is 5.84. The van der Waals surface area contributed by atoms with Crippen molar-refractivity contribution in [1.29, 1.82) is 0 Å². The van der Waals surface area contributed by atoms with Crippen LogP contribution in [0.15, 0.2) is 24.4 Å². The van der Waals surface area contributed by atoms with Crippen molar-refractivity contribution in [2.45, 2.75) is 6.54 Å². The Morgan fingerprint density at radius 1 is 1.11 bits per heavy atom. The molecule has 2 rings (SSSR count). The number of rotatable bonds is 5. The van der Waals surface area contributed by atoms with Gasteiger partial charge in [-0.1, -0.05) is 0 Å². The van der Waals surface area contributed by atoms with Gasteiger partial charge in [-0.15, -0.1) is 0 Å². The zero-order valence-electron chi connectivity index (χ0n) is 11.4. The Morgan fingerprint density at radius 3 is 2.39 bits per heavy atom. The number of ether oxygens (including phenoxy) is 2. The van der Waals surface area contributed by atoms with Crippen LogP contribution in [0.4, 0.5) is 0 Å². The van der Waals surface area contributed by atoms with Crippen LogP contribution in [0.2, 0.25) is 0 Å². The van der Waals surface area contributed by atoms with Crippen LogP contribution >= 0.6 is 0 Å². The average molecular weight is 248 g/mol. The van der Waals surface area contributed by atoms with E-state index in [1.54, 1.807) is 14.2 Å². The second-order valence-corrected chi connectivity index (χ2v) is 4.58. The third-order valence-electron chi connectivity index (χ3n) is 3.06. The highest BCUT2D eigenvalue weighted by Gasteiger charge is 2.09. The van der Waals surface area contributed by atoms with Gasteiger partial charge in [-0.3, -0.25) is 0 Å². The zero-order valence-corrected chi connectivity index (χ0v) is 11.4. The molecule has 1 heterocycles. The van der Waals surface area contributed by atoms with E-state index >= 15 is 0 Å². The van der Waals surface area contributed by atoms with Crippen molar-refractivity contribution >= 4 is 10.9 Å². The van der Waals surface area contributed by atoms with Crippen molar-refractivity contribution in [3.05, 3.63) is 24.4 Å². The van der Waals surface area contributed by atoms with E-state index in [1.807, 2.05) is 12.1 Å². The first-order chi connectivity index (χ1) is 8.65. The second-order valence-electron chi connectivity index (χ2n) is 4.58. The average Bonchev–Trinajstić information content (AvgIpc) is 2.76. The summed E-state index contributed by atoms with van der Waals surface area (Å²) in [7, 11) is 7.48. The molecule has 0 atom stereocenters. The SMILES string of the molecule is COc1cc2ccn(CCN(C)C)c2cc1OC. The van der Waals surface area contributed by atoms with Crippen LogP contribution in [-0.4, -0.2) is 44.3 Å². The molecule has 0 aliphatic carbocycles. The fraction of sp³-hybridized carbons (Fsp3) is 0.429. The molecule has 0 unspecified atom stereocenters. The minimum Gasteiger partial charge on any atom is -0.493 e. The number of methoxy groups -OCH3 is 2. The summed E-state index contributed by atoms with van der Waals surface area (Å²) in [5.74, 6) is 1.55. The molecule has 1 aromatic carbocycles. The van der Waals surface area contributed by atoms with Crippen molar-refractivity contribution < 1.29 is 9.47 Å². The van der Waals surface area contributed by atoms with Crippen LogP contribution in [0.25, 0.3) is 10.9 Å². The molecule has 2 aromatic rings. The maximum atomic E-state index is 5.35. The molecule has 0 aliphatic heterocycles. The second kappa shape index (κ2) is 5.31. The fourth-order valence-electron chi connectivity index (χ4n) is 2.02. The number of nitrogens with zero attached hydrogens (tertiary/aromatic N) is 2. The van der Waals surface area contributed by atoms with Gasteiger partial charge < -0.3 is 18.9 Å². The molecule has 0 saturated heterocycles. The Hall–Kier alpha value is -1.68. The lowest BCUT2D eigenvalue weighted by atomic mass is 10.2. The van der Waals surface area contributed by atoms with E-state index in [1.165, 1.54) is 10.9 Å². The number of hydrogen-bond acceptors (Lipinski definition) is 3. The summed E-state index contributed by atoms with van der Waals surface area (Å²) >= 11 is 0. The number of fused-ring (bicyclic) bond motifs is 1. The topological polar surface area (TPSA) is 26.6 Å². The van der Waals surface area contributed by atoms with E-state index in [0.717, 1.165) is 24.6 Å². The van der Waals surface area contributed by atoms with Gasteiger partial charge in [-0.05, 0) is 26.2 Å². The lowest BCUT2D eigenvalue weighted by Gasteiger charge is -2.12. The van der Waals surface area contributed by atoms with Crippen molar-refractivity contribution in [3.63, 3.8) is 0 Å². The number of aromatic nitrogens is 1. The predicted octanol–water partition coefficient (Wildman–Crippen LogP) is 2.22. The summed E-state index contributed by atoms with van der Waals surface area (Å²) in [4.78, 5) is 2.17. The molecule has 0 aliphatic rings. The summed E-state index contributed by atoms with van der Waals surface area (Å²) in [6.45, 7) is 1.98. The summed E-state index contributed by atoms with van der Waals surface area (Å²) in [6, 6.07) is 6.15. The van der Waals surface area contributed by atoms with Gasteiger partial charge >= 0.3 is 0 Å². The van der Waals surface area contributed by atoms with Crippen LogP contribution in [0.5, 0.6) is 11.5 Å². The summed E-state index contributed by atoms with van der Waals surface area (Å²) in [6.07, 6.45) is 2.10. The Balaban J connectivity index is 2.39. The van der Waals surface area contributed by atoms with Crippen LogP contribution in [0.1, 0.15) is 0 Å². The molecule has 1 aromatic heterocycles. The number of benzene rings is 1. The van der Waals surface area contributed by atoms with Gasteiger partial charge in [-0.2, -0.15) is 0 Å². The van der Waals surface area contributed by atoms with Gasteiger partial charge in [0, 0.05) is 30.7 Å². The van der Waals surface area contributed by atoms with E-state index in [-0.39, 0.29) is 0 Å². The normalized spacial score (nSPS) is 11.2. The van der Waals surface area contributed by atoms with E-state index in [2.05, 4.69) is 35.8 Å². The molecule has 0 fully saturated rings.